The van der Waals surface area contributed by atoms with Crippen LogP contribution in [0.2, 0.25) is 0 Å². The van der Waals surface area contributed by atoms with Gasteiger partial charge in [-0.15, -0.1) is 22.7 Å². The molecule has 5 heterocycles. The molecular formula is C49H57N5OS2. The smallest absolute Gasteiger partial charge is 0.259 e. The van der Waals surface area contributed by atoms with Crippen LogP contribution in [0.25, 0.3) is 63.8 Å². The Morgan fingerprint density at radius 2 is 1.11 bits per heavy atom. The Balaban J connectivity index is 0.000000131. The summed E-state index contributed by atoms with van der Waals surface area (Å²) in [4.78, 5) is 33.2. The molecule has 0 radical (unpaired) electrons. The summed E-state index contributed by atoms with van der Waals surface area (Å²) < 4.78 is 2.75. The first-order valence-electron chi connectivity index (χ1n) is 20.5. The molecule has 4 aromatic carbocycles. The molecule has 6 nitrogen and oxygen atoms in total. The predicted molar refractivity (Wildman–Crippen MR) is 250 cm³/mol. The van der Waals surface area contributed by atoms with Crippen molar-refractivity contribution in [3.05, 3.63) is 116 Å². The van der Waals surface area contributed by atoms with Crippen LogP contribution in [-0.4, -0.2) is 24.9 Å². The summed E-state index contributed by atoms with van der Waals surface area (Å²) in [6.45, 7) is 26.2. The Morgan fingerprint density at radius 3 is 1.70 bits per heavy atom. The van der Waals surface area contributed by atoms with Gasteiger partial charge in [0.25, 0.3) is 5.56 Å². The second-order valence-electron chi connectivity index (χ2n) is 17.3. The van der Waals surface area contributed by atoms with Crippen LogP contribution in [0.5, 0.6) is 0 Å². The molecule has 0 aliphatic heterocycles. The van der Waals surface area contributed by atoms with Gasteiger partial charge in [0.05, 0.1) is 26.1 Å². The minimum Gasteiger partial charge on any atom is -0.358 e. The van der Waals surface area contributed by atoms with Gasteiger partial charge in [-0.3, -0.25) is 4.79 Å². The predicted octanol–water partition coefficient (Wildman–Crippen LogP) is 15.0. The largest absolute Gasteiger partial charge is 0.358 e. The minimum atomic E-state index is -0.0494. The van der Waals surface area contributed by atoms with Gasteiger partial charge in [-0.1, -0.05) is 113 Å². The van der Waals surface area contributed by atoms with Gasteiger partial charge in [-0.2, -0.15) is 0 Å². The normalized spacial score (nSPS) is 12.2. The standard InChI is InChI=1S/C18H20N2O.C16H19NS.C15H18N2S/c1-10(2)12-5-7-14-13(9-12)6-8-15-16(14)18(21)20-17(19-15)11(3)4;1-9(2)14-8-12-13(17-14)6-5-11-7-15(10(3)4)18-16(11)12;1-8(2)13-7-10-11(16-13)5-6-12-14(10)18-15(17-12)9(3)4/h5-11H,1-4H3,(H,19,20,21);5-10,17H,1-4H3;5-9,16H,1-4H3. The molecule has 0 bridgehead atoms. The number of aromatic nitrogens is 5. The van der Waals surface area contributed by atoms with E-state index >= 15 is 0 Å². The molecule has 0 atom stereocenters. The van der Waals surface area contributed by atoms with E-state index in [1.807, 2.05) is 48.7 Å². The SMILES string of the molecule is CC(C)c1cc2c(ccc3cc(C(C)C)sc32)[nH]1.CC(C)c1cc2c(ccc3nc(C(C)C)sc32)[nH]1.CC(C)c1ccc2c(ccc3nc(C(C)C)[nH]c(=O)c32)c1. The fourth-order valence-corrected chi connectivity index (χ4v) is 9.43. The van der Waals surface area contributed by atoms with Crippen LogP contribution >= 0.6 is 22.7 Å². The zero-order valence-corrected chi connectivity index (χ0v) is 37.1. The second-order valence-corrected chi connectivity index (χ2v) is 19.4. The maximum Gasteiger partial charge on any atom is 0.259 e. The van der Waals surface area contributed by atoms with E-state index in [1.165, 1.54) is 63.4 Å². The average Bonchev–Trinajstić information content (AvgIpc) is 3.98. The Kier molecular flexibility index (Phi) is 11.5. The van der Waals surface area contributed by atoms with Crippen LogP contribution < -0.4 is 5.56 Å². The number of thiazole rings is 1. The van der Waals surface area contributed by atoms with Crippen LogP contribution in [0.4, 0.5) is 0 Å². The molecule has 0 saturated carbocycles. The van der Waals surface area contributed by atoms with Crippen LogP contribution in [0.15, 0.2) is 77.6 Å². The fraction of sp³-hybridized carbons (Fsp3) is 0.367. The van der Waals surface area contributed by atoms with E-state index in [-0.39, 0.29) is 11.5 Å². The second kappa shape index (κ2) is 16.2. The number of benzene rings is 4. The van der Waals surface area contributed by atoms with Crippen molar-refractivity contribution in [2.45, 2.75) is 119 Å². The third-order valence-corrected chi connectivity index (χ3v) is 13.7. The lowest BCUT2D eigenvalue weighted by Crippen LogP contribution is -2.13. The lowest BCUT2D eigenvalue weighted by molar-refractivity contribution is 0.777. The first-order chi connectivity index (χ1) is 27.1. The van der Waals surface area contributed by atoms with Gasteiger partial charge in [0.1, 0.15) is 5.82 Å². The first kappa shape index (κ1) is 40.4. The van der Waals surface area contributed by atoms with Crippen molar-refractivity contribution >= 4 is 86.5 Å². The number of thiophene rings is 1. The molecule has 0 unspecified atom stereocenters. The first-order valence-corrected chi connectivity index (χ1v) is 22.2. The van der Waals surface area contributed by atoms with E-state index in [1.54, 1.807) is 0 Å². The van der Waals surface area contributed by atoms with Gasteiger partial charge in [-0.25, -0.2) is 9.97 Å². The molecule has 0 amide bonds. The highest BCUT2D eigenvalue weighted by Gasteiger charge is 2.15. The van der Waals surface area contributed by atoms with E-state index in [2.05, 4.69) is 150 Å². The minimum absolute atomic E-state index is 0.0494. The summed E-state index contributed by atoms with van der Waals surface area (Å²) in [5.41, 5.74) is 8.26. The number of aromatic amines is 3. The number of hydrogen-bond acceptors (Lipinski definition) is 5. The van der Waals surface area contributed by atoms with E-state index in [0.29, 0.717) is 35.0 Å². The number of rotatable bonds is 6. The Hall–Kier alpha value is -4.79. The highest BCUT2D eigenvalue weighted by atomic mass is 32.1. The molecule has 0 aliphatic rings. The van der Waals surface area contributed by atoms with Gasteiger partial charge in [0.2, 0.25) is 0 Å². The molecule has 9 rings (SSSR count). The summed E-state index contributed by atoms with van der Waals surface area (Å²) in [5.74, 6) is 3.63. The van der Waals surface area contributed by atoms with Crippen LogP contribution in [0.3, 0.4) is 0 Å². The highest BCUT2D eigenvalue weighted by Crippen LogP contribution is 2.37. The molecule has 9 aromatic rings. The van der Waals surface area contributed by atoms with Crippen LogP contribution in [0.1, 0.15) is 151 Å². The number of fused-ring (bicyclic) bond motifs is 9. The van der Waals surface area contributed by atoms with Gasteiger partial charge < -0.3 is 15.0 Å². The van der Waals surface area contributed by atoms with E-state index in [9.17, 15) is 4.79 Å². The van der Waals surface area contributed by atoms with Crippen molar-refractivity contribution in [3.63, 3.8) is 0 Å². The molecule has 0 spiro atoms. The maximum atomic E-state index is 12.4. The quantitative estimate of drug-likeness (QED) is 0.146. The number of nitrogens with one attached hydrogen (secondary N) is 3. The van der Waals surface area contributed by atoms with Gasteiger partial charge in [0, 0.05) is 54.6 Å². The summed E-state index contributed by atoms with van der Waals surface area (Å²) in [6, 6.07) is 26.0. The van der Waals surface area contributed by atoms with Crippen LogP contribution in [0, 0.1) is 0 Å². The molecule has 57 heavy (non-hydrogen) atoms. The van der Waals surface area contributed by atoms with E-state index < -0.39 is 0 Å². The zero-order chi connectivity index (χ0) is 40.9. The zero-order valence-electron chi connectivity index (χ0n) is 35.5. The van der Waals surface area contributed by atoms with Crippen molar-refractivity contribution in [2.75, 3.05) is 0 Å². The Labute approximate surface area is 344 Å². The highest BCUT2D eigenvalue weighted by molar-refractivity contribution is 7.20. The number of nitrogens with zero attached hydrogens (tertiary/aromatic N) is 2. The third kappa shape index (κ3) is 8.17. The molecule has 0 aliphatic carbocycles. The summed E-state index contributed by atoms with van der Waals surface area (Å²) in [5, 5.41) is 8.07. The summed E-state index contributed by atoms with van der Waals surface area (Å²) in [6.07, 6.45) is 0. The number of H-pyrrole nitrogens is 3. The van der Waals surface area contributed by atoms with Crippen molar-refractivity contribution in [3.8, 4) is 0 Å². The van der Waals surface area contributed by atoms with E-state index in [0.717, 1.165) is 27.6 Å². The average molecular weight is 796 g/mol. The van der Waals surface area contributed by atoms with Crippen LogP contribution in [-0.2, 0) is 0 Å². The molecule has 8 heteroatoms. The molecule has 3 N–H and O–H groups in total. The van der Waals surface area contributed by atoms with Crippen molar-refractivity contribution in [2.24, 2.45) is 0 Å². The van der Waals surface area contributed by atoms with Gasteiger partial charge >= 0.3 is 0 Å². The molecule has 0 saturated heterocycles. The Bertz CT molecular complexity index is 2660. The van der Waals surface area contributed by atoms with Gasteiger partial charge in [0.15, 0.2) is 0 Å². The molecule has 5 aromatic heterocycles. The monoisotopic (exact) mass is 795 g/mol. The maximum absolute atomic E-state index is 12.4. The molecule has 0 fully saturated rings. The molecular weight excluding hydrogens is 739 g/mol. The molecule has 296 valence electrons. The third-order valence-electron chi connectivity index (χ3n) is 10.8. The lowest BCUT2D eigenvalue weighted by Gasteiger charge is -2.10. The Morgan fingerprint density at radius 1 is 0.491 bits per heavy atom. The fourth-order valence-electron chi connectivity index (χ4n) is 7.16. The van der Waals surface area contributed by atoms with Gasteiger partial charge in [-0.05, 0) is 87.9 Å². The van der Waals surface area contributed by atoms with Crippen molar-refractivity contribution < 1.29 is 0 Å². The van der Waals surface area contributed by atoms with Crippen molar-refractivity contribution in [1.29, 1.82) is 0 Å². The van der Waals surface area contributed by atoms with E-state index in [4.69, 9.17) is 4.98 Å². The summed E-state index contributed by atoms with van der Waals surface area (Å²) in [7, 11) is 0. The summed E-state index contributed by atoms with van der Waals surface area (Å²) >= 11 is 3.77. The lowest BCUT2D eigenvalue weighted by atomic mass is 9.97. The number of hydrogen-bond donors (Lipinski definition) is 3. The topological polar surface area (TPSA) is 90.2 Å². The van der Waals surface area contributed by atoms with Crippen molar-refractivity contribution in [1.82, 2.24) is 24.9 Å².